The molecule has 6 nitrogen and oxygen atoms in total. The van der Waals surface area contributed by atoms with Gasteiger partial charge in [-0.3, -0.25) is 14.5 Å². The van der Waals surface area contributed by atoms with E-state index in [1.807, 2.05) is 0 Å². The summed E-state index contributed by atoms with van der Waals surface area (Å²) in [6.07, 6.45) is 1.13. The van der Waals surface area contributed by atoms with Crippen LogP contribution in [0.3, 0.4) is 0 Å². The van der Waals surface area contributed by atoms with Crippen molar-refractivity contribution in [1.82, 2.24) is 4.90 Å². The molecule has 1 saturated heterocycles. The SMILES string of the molecule is O=C1CCCN1CN(C(=O)c1cc2ccccc2oc1=O)c1ccc(F)cc1. The van der Waals surface area contributed by atoms with Crippen LogP contribution in [0.2, 0.25) is 0 Å². The van der Waals surface area contributed by atoms with E-state index in [0.29, 0.717) is 36.0 Å². The minimum Gasteiger partial charge on any atom is -0.422 e. The number of fused-ring (bicyclic) bond motifs is 1. The molecule has 1 aliphatic rings. The average molecular weight is 380 g/mol. The molecule has 0 unspecified atom stereocenters. The molecule has 142 valence electrons. The number of para-hydroxylation sites is 1. The fraction of sp³-hybridized carbons (Fsp3) is 0.190. The quantitative estimate of drug-likeness (QED) is 0.652. The van der Waals surface area contributed by atoms with Crippen molar-refractivity contribution in [2.75, 3.05) is 18.1 Å². The van der Waals surface area contributed by atoms with Crippen molar-refractivity contribution in [2.45, 2.75) is 12.8 Å². The zero-order chi connectivity index (χ0) is 19.7. The molecular formula is C21H17FN2O4. The fourth-order valence-corrected chi connectivity index (χ4v) is 3.26. The van der Waals surface area contributed by atoms with E-state index in [4.69, 9.17) is 4.42 Å². The molecule has 0 bridgehead atoms. The smallest absolute Gasteiger partial charge is 0.349 e. The Labute approximate surface area is 159 Å². The monoisotopic (exact) mass is 380 g/mol. The minimum absolute atomic E-state index is 0.0183. The van der Waals surface area contributed by atoms with E-state index >= 15 is 0 Å². The van der Waals surface area contributed by atoms with Crippen molar-refractivity contribution < 1.29 is 18.4 Å². The normalized spacial score (nSPS) is 13.9. The highest BCUT2D eigenvalue weighted by atomic mass is 19.1. The maximum atomic E-state index is 13.3. The second-order valence-electron chi connectivity index (χ2n) is 6.60. The summed E-state index contributed by atoms with van der Waals surface area (Å²) in [6, 6.07) is 13.7. The third kappa shape index (κ3) is 3.38. The van der Waals surface area contributed by atoms with Crippen molar-refractivity contribution >= 4 is 28.5 Å². The first-order valence-electron chi connectivity index (χ1n) is 8.91. The van der Waals surface area contributed by atoms with Crippen molar-refractivity contribution in [3.8, 4) is 0 Å². The molecule has 2 amide bonds. The molecule has 2 aromatic carbocycles. The number of amides is 2. The molecule has 2 heterocycles. The highest BCUT2D eigenvalue weighted by molar-refractivity contribution is 6.07. The number of likely N-dealkylation sites (tertiary alicyclic amines) is 1. The van der Waals surface area contributed by atoms with Crippen LogP contribution in [0.25, 0.3) is 11.0 Å². The van der Waals surface area contributed by atoms with Gasteiger partial charge in [0.1, 0.15) is 23.6 Å². The molecule has 4 rings (SSSR count). The van der Waals surface area contributed by atoms with Crippen molar-refractivity contribution in [3.05, 3.63) is 76.4 Å². The second kappa shape index (κ2) is 7.26. The first-order chi connectivity index (χ1) is 13.5. The number of halogens is 1. The van der Waals surface area contributed by atoms with Gasteiger partial charge in [0.05, 0.1) is 0 Å². The lowest BCUT2D eigenvalue weighted by molar-refractivity contribution is -0.127. The van der Waals surface area contributed by atoms with E-state index < -0.39 is 17.3 Å². The van der Waals surface area contributed by atoms with Gasteiger partial charge in [-0.05, 0) is 42.8 Å². The number of carbonyl (C=O) groups is 2. The Kier molecular flexibility index (Phi) is 4.65. The molecule has 28 heavy (non-hydrogen) atoms. The number of benzene rings is 2. The molecule has 0 spiro atoms. The maximum Gasteiger partial charge on any atom is 0.349 e. The highest BCUT2D eigenvalue weighted by Gasteiger charge is 2.28. The van der Waals surface area contributed by atoms with Crippen LogP contribution in [0.4, 0.5) is 10.1 Å². The Morgan fingerprint density at radius 2 is 1.86 bits per heavy atom. The molecule has 3 aromatic rings. The van der Waals surface area contributed by atoms with Crippen LogP contribution in [0.15, 0.2) is 63.8 Å². The van der Waals surface area contributed by atoms with Gasteiger partial charge in [-0.1, -0.05) is 18.2 Å². The number of rotatable bonds is 4. The van der Waals surface area contributed by atoms with E-state index in [0.717, 1.165) is 0 Å². The number of nitrogens with zero attached hydrogens (tertiary/aromatic N) is 2. The molecule has 0 aliphatic carbocycles. The van der Waals surface area contributed by atoms with Gasteiger partial charge in [-0.15, -0.1) is 0 Å². The fourth-order valence-electron chi connectivity index (χ4n) is 3.26. The minimum atomic E-state index is -0.761. The molecule has 1 aliphatic heterocycles. The molecular weight excluding hydrogens is 363 g/mol. The third-order valence-corrected chi connectivity index (χ3v) is 4.74. The summed E-state index contributed by atoms with van der Waals surface area (Å²) in [6.45, 7) is 0.506. The highest BCUT2D eigenvalue weighted by Crippen LogP contribution is 2.21. The number of carbonyl (C=O) groups excluding carboxylic acids is 2. The molecule has 7 heteroatoms. The van der Waals surface area contributed by atoms with Gasteiger partial charge >= 0.3 is 5.63 Å². The topological polar surface area (TPSA) is 70.8 Å². The summed E-state index contributed by atoms with van der Waals surface area (Å²) < 4.78 is 18.6. The zero-order valence-corrected chi connectivity index (χ0v) is 14.9. The van der Waals surface area contributed by atoms with Crippen LogP contribution in [0, 0.1) is 5.82 Å². The maximum absolute atomic E-state index is 13.3. The molecule has 0 radical (unpaired) electrons. The first-order valence-corrected chi connectivity index (χ1v) is 8.91. The first kappa shape index (κ1) is 17.9. The van der Waals surface area contributed by atoms with Gasteiger partial charge < -0.3 is 9.32 Å². The van der Waals surface area contributed by atoms with Crippen molar-refractivity contribution in [2.24, 2.45) is 0 Å². The van der Waals surface area contributed by atoms with Crippen LogP contribution in [0.5, 0.6) is 0 Å². The number of hydrogen-bond acceptors (Lipinski definition) is 4. The van der Waals surface area contributed by atoms with Crippen molar-refractivity contribution in [1.29, 1.82) is 0 Å². The molecule has 1 aromatic heterocycles. The van der Waals surface area contributed by atoms with E-state index in [-0.39, 0.29) is 18.1 Å². The van der Waals surface area contributed by atoms with Crippen LogP contribution < -0.4 is 10.5 Å². The molecule has 1 fully saturated rings. The lowest BCUT2D eigenvalue weighted by Gasteiger charge is -2.28. The third-order valence-electron chi connectivity index (χ3n) is 4.74. The standard InChI is InChI=1S/C21H17FN2O4/c22-15-7-9-16(10-8-15)24(13-23-11-3-6-19(23)25)20(26)17-12-14-4-1-2-5-18(14)28-21(17)27/h1-2,4-5,7-10,12H,3,6,11,13H2. The van der Waals surface area contributed by atoms with Crippen LogP contribution in [-0.4, -0.2) is 29.9 Å². The predicted octanol–water partition coefficient (Wildman–Crippen LogP) is 3.16. The molecule has 0 saturated carbocycles. The van der Waals surface area contributed by atoms with Crippen LogP contribution in [0.1, 0.15) is 23.2 Å². The summed E-state index contributed by atoms with van der Waals surface area (Å²) in [4.78, 5) is 40.5. The average Bonchev–Trinajstić information content (AvgIpc) is 3.10. The van der Waals surface area contributed by atoms with Crippen molar-refractivity contribution in [3.63, 3.8) is 0 Å². The van der Waals surface area contributed by atoms with Crippen LogP contribution >= 0.6 is 0 Å². The Morgan fingerprint density at radius 3 is 2.57 bits per heavy atom. The summed E-state index contributed by atoms with van der Waals surface area (Å²) in [5.41, 5.74) is -0.135. The number of hydrogen-bond donors (Lipinski definition) is 0. The molecule has 0 atom stereocenters. The number of anilines is 1. The Morgan fingerprint density at radius 1 is 1.11 bits per heavy atom. The lowest BCUT2D eigenvalue weighted by atomic mass is 10.1. The predicted molar refractivity (Wildman–Crippen MR) is 102 cm³/mol. The Balaban J connectivity index is 1.76. The summed E-state index contributed by atoms with van der Waals surface area (Å²) in [7, 11) is 0. The van der Waals surface area contributed by atoms with E-state index in [1.54, 1.807) is 29.2 Å². The van der Waals surface area contributed by atoms with Gasteiger partial charge in [0, 0.05) is 24.0 Å². The van der Waals surface area contributed by atoms with E-state index in [9.17, 15) is 18.8 Å². The van der Waals surface area contributed by atoms with Gasteiger partial charge in [0.25, 0.3) is 5.91 Å². The zero-order valence-electron chi connectivity index (χ0n) is 14.9. The van der Waals surface area contributed by atoms with Gasteiger partial charge in [-0.25, -0.2) is 9.18 Å². The van der Waals surface area contributed by atoms with E-state index in [2.05, 4.69) is 0 Å². The van der Waals surface area contributed by atoms with Gasteiger partial charge in [-0.2, -0.15) is 0 Å². The lowest BCUT2D eigenvalue weighted by Crippen LogP contribution is -2.43. The Hall–Kier alpha value is -3.48. The van der Waals surface area contributed by atoms with Crippen LogP contribution in [-0.2, 0) is 4.79 Å². The second-order valence-corrected chi connectivity index (χ2v) is 6.60. The summed E-state index contributed by atoms with van der Waals surface area (Å²) in [5.74, 6) is -1.12. The summed E-state index contributed by atoms with van der Waals surface area (Å²) in [5, 5.41) is 0.613. The largest absolute Gasteiger partial charge is 0.422 e. The Bertz CT molecular complexity index is 1110. The summed E-state index contributed by atoms with van der Waals surface area (Å²) >= 11 is 0. The van der Waals surface area contributed by atoms with Gasteiger partial charge in [0.15, 0.2) is 0 Å². The molecule has 0 N–H and O–H groups in total. The van der Waals surface area contributed by atoms with E-state index in [1.165, 1.54) is 35.2 Å². The van der Waals surface area contributed by atoms with Gasteiger partial charge in [0.2, 0.25) is 5.91 Å².